The predicted molar refractivity (Wildman–Crippen MR) is 50.5 cm³/mol. The molecule has 0 saturated heterocycles. The zero-order valence-corrected chi connectivity index (χ0v) is 7.58. The molecular weight excluding hydrogens is 168 g/mol. The van der Waals surface area contributed by atoms with Crippen LogP contribution < -0.4 is 11.1 Å². The first-order chi connectivity index (χ1) is 6.09. The molecule has 4 N–H and O–H groups in total. The van der Waals surface area contributed by atoms with Crippen LogP contribution in [0.4, 0.5) is 4.79 Å². The molecule has 1 atom stereocenters. The molecule has 4 nitrogen and oxygen atoms in total. The van der Waals surface area contributed by atoms with Gasteiger partial charge in [0.2, 0.25) is 0 Å². The summed E-state index contributed by atoms with van der Waals surface area (Å²) >= 11 is 0. The first-order valence-corrected chi connectivity index (χ1v) is 4.19. The van der Waals surface area contributed by atoms with Gasteiger partial charge in [-0.15, -0.1) is 0 Å². The lowest BCUT2D eigenvalue weighted by molar-refractivity contribution is 0.195. The van der Waals surface area contributed by atoms with Gasteiger partial charge in [-0.25, -0.2) is 4.79 Å². The number of rotatable bonds is 2. The number of allylic oxidation sites excluding steroid dienone is 2. The van der Waals surface area contributed by atoms with Crippen molar-refractivity contribution in [2.45, 2.75) is 19.4 Å². The third-order valence-electron chi connectivity index (χ3n) is 2.09. The fourth-order valence-electron chi connectivity index (χ4n) is 1.29. The molecule has 1 amide bonds. The Hall–Kier alpha value is -1.29. The van der Waals surface area contributed by atoms with Gasteiger partial charge in [0.25, 0.3) is 0 Å². The Morgan fingerprint density at radius 3 is 3.15 bits per heavy atom. The number of amides is 1. The molecule has 0 heterocycles. The summed E-state index contributed by atoms with van der Waals surface area (Å²) in [4.78, 5) is 10.2. The molecule has 4 heteroatoms. The number of nitrogens with one attached hydrogen (secondary N) is 1. The summed E-state index contributed by atoms with van der Waals surface area (Å²) in [6, 6.07) is 0.0225. The van der Waals surface area contributed by atoms with Gasteiger partial charge in [-0.3, -0.25) is 0 Å². The molecule has 0 bridgehead atoms. The first kappa shape index (κ1) is 9.80. The zero-order valence-electron chi connectivity index (χ0n) is 7.58. The summed E-state index contributed by atoms with van der Waals surface area (Å²) < 4.78 is 0. The van der Waals surface area contributed by atoms with Crippen molar-refractivity contribution in [1.82, 2.24) is 5.32 Å². The molecule has 0 aromatic heterocycles. The van der Waals surface area contributed by atoms with E-state index < -0.39 is 6.09 Å². The minimum Gasteiger partial charge on any atom is -0.465 e. The maximum Gasteiger partial charge on any atom is 0.404 e. The molecule has 1 aliphatic rings. The normalized spacial score (nSPS) is 21.8. The van der Waals surface area contributed by atoms with Gasteiger partial charge in [-0.1, -0.05) is 17.7 Å². The van der Waals surface area contributed by atoms with Gasteiger partial charge in [0.1, 0.15) is 0 Å². The summed E-state index contributed by atoms with van der Waals surface area (Å²) in [7, 11) is 0. The molecule has 13 heavy (non-hydrogen) atoms. The molecule has 72 valence electrons. The van der Waals surface area contributed by atoms with Crippen molar-refractivity contribution in [2.75, 3.05) is 6.54 Å². The lowest BCUT2D eigenvalue weighted by Crippen LogP contribution is -2.28. The Morgan fingerprint density at radius 2 is 2.54 bits per heavy atom. The highest BCUT2D eigenvalue weighted by Gasteiger charge is 2.11. The van der Waals surface area contributed by atoms with Crippen LogP contribution in [0.2, 0.25) is 0 Å². The molecular formula is C9H14N2O2. The Morgan fingerprint density at radius 1 is 1.85 bits per heavy atom. The van der Waals surface area contributed by atoms with Gasteiger partial charge in [0.05, 0.1) is 0 Å². The summed E-state index contributed by atoms with van der Waals surface area (Å²) in [5.41, 5.74) is 7.87. The molecule has 0 radical (unpaired) electrons. The largest absolute Gasteiger partial charge is 0.465 e. The highest BCUT2D eigenvalue weighted by Crippen LogP contribution is 2.16. The van der Waals surface area contributed by atoms with E-state index in [1.54, 1.807) is 0 Å². The van der Waals surface area contributed by atoms with Crippen LogP contribution in [-0.4, -0.2) is 23.8 Å². The van der Waals surface area contributed by atoms with Crippen molar-refractivity contribution < 1.29 is 9.90 Å². The Labute approximate surface area is 77.1 Å². The maximum absolute atomic E-state index is 10.2. The van der Waals surface area contributed by atoms with Crippen LogP contribution in [-0.2, 0) is 0 Å². The van der Waals surface area contributed by atoms with Crippen LogP contribution in [0.25, 0.3) is 0 Å². The van der Waals surface area contributed by atoms with Gasteiger partial charge in [-0.05, 0) is 18.9 Å². The molecule has 0 aromatic rings. The Kier molecular flexibility index (Phi) is 3.08. The Balaban J connectivity index is 2.56. The number of hydrogen-bond donors (Lipinski definition) is 3. The van der Waals surface area contributed by atoms with Crippen LogP contribution in [0.15, 0.2) is 23.3 Å². The second-order valence-electron chi connectivity index (χ2n) is 3.17. The van der Waals surface area contributed by atoms with Gasteiger partial charge >= 0.3 is 6.09 Å². The van der Waals surface area contributed by atoms with Crippen molar-refractivity contribution in [3.8, 4) is 0 Å². The van der Waals surface area contributed by atoms with Crippen molar-refractivity contribution >= 4 is 6.09 Å². The van der Waals surface area contributed by atoms with Crippen LogP contribution in [0.5, 0.6) is 0 Å². The van der Waals surface area contributed by atoms with E-state index in [0.29, 0.717) is 6.54 Å². The molecule has 0 aliphatic heterocycles. The maximum atomic E-state index is 10.2. The van der Waals surface area contributed by atoms with E-state index in [4.69, 9.17) is 10.8 Å². The van der Waals surface area contributed by atoms with E-state index in [0.717, 1.165) is 17.6 Å². The quantitative estimate of drug-likeness (QED) is 0.592. The molecule has 0 aromatic carbocycles. The number of nitrogens with two attached hydrogens (primary N) is 1. The lowest BCUT2D eigenvalue weighted by Gasteiger charge is -2.17. The van der Waals surface area contributed by atoms with Gasteiger partial charge in [0.15, 0.2) is 0 Å². The molecule has 0 spiro atoms. The van der Waals surface area contributed by atoms with E-state index in [1.165, 1.54) is 0 Å². The molecule has 1 rings (SSSR count). The minimum absolute atomic E-state index is 0.0225. The lowest BCUT2D eigenvalue weighted by atomic mass is 9.95. The third kappa shape index (κ3) is 2.91. The topological polar surface area (TPSA) is 75.3 Å². The van der Waals surface area contributed by atoms with E-state index >= 15 is 0 Å². The second kappa shape index (κ2) is 4.09. The number of hydrogen-bond acceptors (Lipinski definition) is 2. The van der Waals surface area contributed by atoms with Crippen molar-refractivity contribution in [2.24, 2.45) is 5.73 Å². The van der Waals surface area contributed by atoms with E-state index in [1.807, 2.05) is 19.1 Å². The van der Waals surface area contributed by atoms with Crippen molar-refractivity contribution in [3.05, 3.63) is 23.3 Å². The smallest absolute Gasteiger partial charge is 0.404 e. The highest BCUT2D eigenvalue weighted by molar-refractivity contribution is 5.64. The fraction of sp³-hybridized carbons (Fsp3) is 0.444. The zero-order chi connectivity index (χ0) is 9.84. The predicted octanol–water partition coefficient (Wildman–Crippen LogP) is 0.858. The van der Waals surface area contributed by atoms with E-state index in [9.17, 15) is 4.79 Å². The minimum atomic E-state index is -0.997. The monoisotopic (exact) mass is 182 g/mol. The summed E-state index contributed by atoms with van der Waals surface area (Å²) in [6.07, 6.45) is 3.61. The number of carboxylic acid groups (broad SMARTS) is 1. The van der Waals surface area contributed by atoms with Crippen molar-refractivity contribution in [1.29, 1.82) is 0 Å². The average Bonchev–Trinajstić information content (AvgIpc) is 2.06. The Bertz CT molecular complexity index is 269. The van der Waals surface area contributed by atoms with Gasteiger partial charge < -0.3 is 16.2 Å². The van der Waals surface area contributed by atoms with Crippen LogP contribution in [0, 0.1) is 0 Å². The molecule has 1 unspecified atom stereocenters. The van der Waals surface area contributed by atoms with E-state index in [-0.39, 0.29) is 6.04 Å². The number of carbonyl (C=O) groups is 1. The van der Waals surface area contributed by atoms with Crippen LogP contribution in [0.3, 0.4) is 0 Å². The fourth-order valence-corrected chi connectivity index (χ4v) is 1.29. The average molecular weight is 182 g/mol. The van der Waals surface area contributed by atoms with Gasteiger partial charge in [-0.2, -0.15) is 0 Å². The second-order valence-corrected chi connectivity index (χ2v) is 3.17. The van der Waals surface area contributed by atoms with Gasteiger partial charge in [0, 0.05) is 12.6 Å². The molecule has 0 saturated carbocycles. The highest BCUT2D eigenvalue weighted by atomic mass is 16.4. The van der Waals surface area contributed by atoms with Crippen molar-refractivity contribution in [3.63, 3.8) is 0 Å². The van der Waals surface area contributed by atoms with Crippen LogP contribution >= 0.6 is 0 Å². The first-order valence-electron chi connectivity index (χ1n) is 4.19. The SMILES string of the molecule is CC1=C(CNC(=O)O)CC(N)C=C1. The summed E-state index contributed by atoms with van der Waals surface area (Å²) in [5, 5.41) is 10.7. The van der Waals surface area contributed by atoms with Crippen LogP contribution in [0.1, 0.15) is 13.3 Å². The standard InChI is InChI=1S/C9H14N2O2/c1-6-2-3-8(10)4-7(6)5-11-9(12)13/h2-3,8,11H,4-5,10H2,1H3,(H,12,13). The summed E-state index contributed by atoms with van der Waals surface area (Å²) in [6.45, 7) is 2.33. The summed E-state index contributed by atoms with van der Waals surface area (Å²) in [5.74, 6) is 0. The molecule has 1 aliphatic carbocycles. The third-order valence-corrected chi connectivity index (χ3v) is 2.09. The molecule has 0 fully saturated rings. The van der Waals surface area contributed by atoms with E-state index in [2.05, 4.69) is 5.32 Å².